The van der Waals surface area contributed by atoms with Gasteiger partial charge in [0.1, 0.15) is 12.2 Å². The van der Waals surface area contributed by atoms with Gasteiger partial charge in [0.25, 0.3) is 0 Å². The minimum absolute atomic E-state index is 0.365. The fourth-order valence-corrected chi connectivity index (χ4v) is 3.67. The molecular weight excluding hydrogens is 290 g/mol. The van der Waals surface area contributed by atoms with Crippen LogP contribution in [-0.2, 0) is 13.0 Å². The molecule has 0 saturated carbocycles. The first-order chi connectivity index (χ1) is 11.3. The quantitative estimate of drug-likeness (QED) is 0.629. The number of nitrogens with one attached hydrogen (secondary N) is 2. The summed E-state index contributed by atoms with van der Waals surface area (Å²) in [5, 5.41) is 11.3. The molecule has 1 fully saturated rings. The van der Waals surface area contributed by atoms with Gasteiger partial charge in [0.2, 0.25) is 0 Å². The fourth-order valence-electron chi connectivity index (χ4n) is 3.67. The number of aromatic nitrogens is 3. The molecule has 0 amide bonds. The summed E-state index contributed by atoms with van der Waals surface area (Å²) in [7, 11) is 1.84. The van der Waals surface area contributed by atoms with Gasteiger partial charge in [0.05, 0.1) is 6.54 Å². The Bertz CT molecular complexity index is 524. The second kappa shape index (κ2) is 7.77. The highest BCUT2D eigenvalue weighted by Crippen LogP contribution is 2.16. The summed E-state index contributed by atoms with van der Waals surface area (Å²) in [4.78, 5) is 11.2. The molecule has 2 unspecified atom stereocenters. The van der Waals surface area contributed by atoms with E-state index in [1.54, 1.807) is 6.33 Å². The second-order valence-corrected chi connectivity index (χ2v) is 6.47. The Labute approximate surface area is 138 Å². The van der Waals surface area contributed by atoms with Gasteiger partial charge in [0.15, 0.2) is 5.96 Å². The Morgan fingerprint density at radius 2 is 2.30 bits per heavy atom. The van der Waals surface area contributed by atoms with E-state index >= 15 is 0 Å². The largest absolute Gasteiger partial charge is 0.355 e. The van der Waals surface area contributed by atoms with Crippen LogP contribution in [0.4, 0.5) is 0 Å². The number of guanidine groups is 1. The van der Waals surface area contributed by atoms with Crippen molar-refractivity contribution in [3.05, 3.63) is 12.2 Å². The van der Waals surface area contributed by atoms with Gasteiger partial charge in [-0.3, -0.25) is 9.89 Å². The van der Waals surface area contributed by atoms with Crippen molar-refractivity contribution in [1.29, 1.82) is 0 Å². The lowest BCUT2D eigenvalue weighted by Gasteiger charge is -2.35. The van der Waals surface area contributed by atoms with Crippen molar-refractivity contribution in [3.8, 4) is 0 Å². The van der Waals surface area contributed by atoms with Crippen molar-refractivity contribution in [1.82, 2.24) is 30.3 Å². The summed E-state index contributed by atoms with van der Waals surface area (Å²) >= 11 is 0. The third-order valence-electron chi connectivity index (χ3n) is 5.03. The lowest BCUT2D eigenvalue weighted by Crippen LogP contribution is -2.51. The Morgan fingerprint density at radius 1 is 1.39 bits per heavy atom. The smallest absolute Gasteiger partial charge is 0.191 e. The van der Waals surface area contributed by atoms with Gasteiger partial charge in [0, 0.05) is 32.1 Å². The molecule has 2 aliphatic rings. The zero-order valence-corrected chi connectivity index (χ0v) is 14.3. The molecule has 0 aromatic carbocycles. The normalized spacial score (nSPS) is 25.9. The monoisotopic (exact) mass is 319 g/mol. The zero-order chi connectivity index (χ0) is 16.1. The highest BCUT2D eigenvalue weighted by atomic mass is 15.4. The fraction of sp³-hybridized carbons (Fsp3) is 0.812. The number of likely N-dealkylation sites (N-methyl/N-ethyl adjacent to an activating group) is 1. The number of likely N-dealkylation sites (tertiary alicyclic amines) is 1. The highest BCUT2D eigenvalue weighted by molar-refractivity contribution is 5.80. The van der Waals surface area contributed by atoms with Crippen LogP contribution in [0.15, 0.2) is 11.3 Å². The number of hydrogen-bond acceptors (Lipinski definition) is 4. The van der Waals surface area contributed by atoms with Crippen molar-refractivity contribution in [2.45, 2.75) is 57.7 Å². The number of nitrogens with zero attached hydrogens (tertiary/aromatic N) is 5. The molecule has 0 radical (unpaired) electrons. The topological polar surface area (TPSA) is 70.4 Å². The van der Waals surface area contributed by atoms with Gasteiger partial charge in [-0.15, -0.1) is 0 Å². The number of hydrogen-bond donors (Lipinski definition) is 2. The Kier molecular flexibility index (Phi) is 5.48. The van der Waals surface area contributed by atoms with Crippen LogP contribution in [0.3, 0.4) is 0 Å². The predicted molar refractivity (Wildman–Crippen MR) is 91.5 cm³/mol. The summed E-state index contributed by atoms with van der Waals surface area (Å²) in [6.45, 7) is 6.45. The van der Waals surface area contributed by atoms with E-state index in [4.69, 9.17) is 0 Å². The molecule has 7 nitrogen and oxygen atoms in total. The molecule has 0 bridgehead atoms. The second-order valence-electron chi connectivity index (χ2n) is 6.47. The molecule has 0 aliphatic carbocycles. The van der Waals surface area contributed by atoms with Crippen LogP contribution in [0, 0.1) is 0 Å². The van der Waals surface area contributed by atoms with Gasteiger partial charge in [-0.05, 0) is 32.4 Å². The summed E-state index contributed by atoms with van der Waals surface area (Å²) in [5.74, 6) is 1.99. The third-order valence-corrected chi connectivity index (χ3v) is 5.03. The first-order valence-electron chi connectivity index (χ1n) is 8.88. The van der Waals surface area contributed by atoms with Crippen molar-refractivity contribution in [3.63, 3.8) is 0 Å². The van der Waals surface area contributed by atoms with E-state index in [-0.39, 0.29) is 0 Å². The maximum absolute atomic E-state index is 4.39. The van der Waals surface area contributed by atoms with E-state index in [1.165, 1.54) is 25.8 Å². The molecule has 1 saturated heterocycles. The van der Waals surface area contributed by atoms with Gasteiger partial charge >= 0.3 is 0 Å². The maximum Gasteiger partial charge on any atom is 0.191 e. The minimum atomic E-state index is 0.365. The van der Waals surface area contributed by atoms with Crippen LogP contribution >= 0.6 is 0 Å². The first kappa shape index (κ1) is 16.2. The molecule has 23 heavy (non-hydrogen) atoms. The van der Waals surface area contributed by atoms with Gasteiger partial charge in [-0.25, -0.2) is 9.67 Å². The molecule has 1 aromatic rings. The standard InChI is InChI=1S/C16H29N7/c1-3-22-9-5-4-6-14(22)10-18-16(17-2)21-13-7-8-15-19-12-20-23(15)11-13/h12-14H,3-11H2,1-2H3,(H2,17,18,21). The Balaban J connectivity index is 1.49. The molecule has 1 aromatic heterocycles. The summed E-state index contributed by atoms with van der Waals surface area (Å²) < 4.78 is 1.99. The number of fused-ring (bicyclic) bond motifs is 1. The maximum atomic E-state index is 4.39. The van der Waals surface area contributed by atoms with Crippen molar-refractivity contribution in [2.24, 2.45) is 4.99 Å². The SMILES string of the molecule is CCN1CCCCC1CNC(=NC)NC1CCc2ncnn2C1. The van der Waals surface area contributed by atoms with E-state index in [0.717, 1.165) is 44.3 Å². The molecule has 2 atom stereocenters. The Morgan fingerprint density at radius 3 is 3.13 bits per heavy atom. The first-order valence-corrected chi connectivity index (χ1v) is 8.88. The van der Waals surface area contributed by atoms with Crippen LogP contribution in [0.5, 0.6) is 0 Å². The van der Waals surface area contributed by atoms with Crippen molar-refractivity contribution in [2.75, 3.05) is 26.7 Å². The van der Waals surface area contributed by atoms with E-state index < -0.39 is 0 Å². The number of piperidine rings is 1. The molecule has 3 heterocycles. The zero-order valence-electron chi connectivity index (χ0n) is 14.3. The van der Waals surface area contributed by atoms with E-state index in [9.17, 15) is 0 Å². The van der Waals surface area contributed by atoms with Gasteiger partial charge in [-0.1, -0.05) is 13.3 Å². The van der Waals surface area contributed by atoms with Crippen LogP contribution in [0.25, 0.3) is 0 Å². The molecule has 3 rings (SSSR count). The lowest BCUT2D eigenvalue weighted by molar-refractivity contribution is 0.157. The summed E-state index contributed by atoms with van der Waals surface area (Å²) in [6.07, 6.45) is 7.65. The summed E-state index contributed by atoms with van der Waals surface area (Å²) in [5.41, 5.74) is 0. The third kappa shape index (κ3) is 4.02. The molecular formula is C16H29N7. The minimum Gasteiger partial charge on any atom is -0.355 e. The predicted octanol–water partition coefficient (Wildman–Crippen LogP) is 0.632. The van der Waals surface area contributed by atoms with Crippen molar-refractivity contribution >= 4 is 5.96 Å². The number of rotatable bonds is 4. The number of aliphatic imine (C=N–C) groups is 1. The summed E-state index contributed by atoms with van der Waals surface area (Å²) in [6, 6.07) is 0.990. The highest BCUT2D eigenvalue weighted by Gasteiger charge is 2.23. The average Bonchev–Trinajstić information content (AvgIpc) is 3.06. The average molecular weight is 319 g/mol. The van der Waals surface area contributed by atoms with Crippen LogP contribution in [-0.4, -0.2) is 64.4 Å². The van der Waals surface area contributed by atoms with Crippen LogP contribution in [0.2, 0.25) is 0 Å². The van der Waals surface area contributed by atoms with E-state index in [1.807, 2.05) is 11.7 Å². The van der Waals surface area contributed by atoms with E-state index in [2.05, 4.69) is 37.5 Å². The molecule has 7 heteroatoms. The van der Waals surface area contributed by atoms with E-state index in [0.29, 0.717) is 12.1 Å². The lowest BCUT2D eigenvalue weighted by atomic mass is 10.0. The number of aryl methyl sites for hydroxylation is 1. The van der Waals surface area contributed by atoms with Crippen LogP contribution in [0.1, 0.15) is 38.4 Å². The van der Waals surface area contributed by atoms with Gasteiger partial charge < -0.3 is 10.6 Å². The molecule has 2 aliphatic heterocycles. The van der Waals surface area contributed by atoms with Gasteiger partial charge in [-0.2, -0.15) is 5.10 Å². The molecule has 0 spiro atoms. The molecule has 2 N–H and O–H groups in total. The molecule has 128 valence electrons. The van der Waals surface area contributed by atoms with Crippen molar-refractivity contribution < 1.29 is 0 Å². The Hall–Kier alpha value is -1.63. The van der Waals surface area contributed by atoms with Crippen LogP contribution < -0.4 is 10.6 Å².